The van der Waals surface area contributed by atoms with Gasteiger partial charge in [-0.25, -0.2) is 4.98 Å². The van der Waals surface area contributed by atoms with Crippen LogP contribution in [0.5, 0.6) is 5.88 Å². The standard InChI is InChI=1S/C14H19N3O3/c1-7-5-10(20-2)16-14(15-7)17-12-9-4-3-8(6-9)11(12)13(18)19/h5,8-9,11-12H,3-4,6H2,1-2H3,(H,18,19)(H,15,16,17). The molecule has 108 valence electrons. The van der Waals surface area contributed by atoms with E-state index in [-0.39, 0.29) is 12.0 Å². The topological polar surface area (TPSA) is 84.3 Å². The van der Waals surface area contributed by atoms with E-state index in [9.17, 15) is 9.90 Å². The Morgan fingerprint density at radius 1 is 1.40 bits per heavy atom. The number of carboxylic acid groups (broad SMARTS) is 1. The molecule has 0 radical (unpaired) electrons. The first-order chi connectivity index (χ1) is 9.58. The van der Waals surface area contributed by atoms with E-state index in [1.807, 2.05) is 6.92 Å². The number of hydrogen-bond acceptors (Lipinski definition) is 5. The molecular weight excluding hydrogens is 258 g/mol. The van der Waals surface area contributed by atoms with Gasteiger partial charge in [0.15, 0.2) is 0 Å². The van der Waals surface area contributed by atoms with Crippen molar-refractivity contribution in [2.75, 3.05) is 12.4 Å². The average molecular weight is 277 g/mol. The number of methoxy groups -OCH3 is 1. The van der Waals surface area contributed by atoms with E-state index in [1.54, 1.807) is 13.2 Å². The highest BCUT2D eigenvalue weighted by Crippen LogP contribution is 2.49. The van der Waals surface area contributed by atoms with Crippen molar-refractivity contribution < 1.29 is 14.6 Å². The Morgan fingerprint density at radius 2 is 2.15 bits per heavy atom. The highest BCUT2D eigenvalue weighted by Gasteiger charge is 2.51. The molecule has 0 amide bonds. The number of aromatic nitrogens is 2. The van der Waals surface area contributed by atoms with Gasteiger partial charge in [0, 0.05) is 17.8 Å². The van der Waals surface area contributed by atoms with E-state index >= 15 is 0 Å². The van der Waals surface area contributed by atoms with E-state index in [0.717, 1.165) is 25.0 Å². The van der Waals surface area contributed by atoms with Crippen LogP contribution in [0.15, 0.2) is 6.07 Å². The van der Waals surface area contributed by atoms with Crippen molar-refractivity contribution in [2.24, 2.45) is 17.8 Å². The summed E-state index contributed by atoms with van der Waals surface area (Å²) in [6, 6.07) is 1.68. The summed E-state index contributed by atoms with van der Waals surface area (Å²) in [4.78, 5) is 20.1. The Labute approximate surface area is 117 Å². The van der Waals surface area contributed by atoms with Crippen LogP contribution in [-0.4, -0.2) is 34.2 Å². The number of rotatable bonds is 4. The van der Waals surface area contributed by atoms with E-state index in [4.69, 9.17) is 4.74 Å². The molecule has 1 aromatic heterocycles. The summed E-state index contributed by atoms with van der Waals surface area (Å²) in [5.41, 5.74) is 0.800. The van der Waals surface area contributed by atoms with Crippen molar-refractivity contribution in [1.82, 2.24) is 9.97 Å². The molecule has 6 nitrogen and oxygen atoms in total. The first kappa shape index (κ1) is 13.1. The number of aryl methyl sites for hydroxylation is 1. The third-order valence-corrected chi connectivity index (χ3v) is 4.54. The van der Waals surface area contributed by atoms with Crippen molar-refractivity contribution in [1.29, 1.82) is 0 Å². The quantitative estimate of drug-likeness (QED) is 0.871. The highest BCUT2D eigenvalue weighted by molar-refractivity contribution is 5.73. The van der Waals surface area contributed by atoms with Gasteiger partial charge in [-0.3, -0.25) is 4.79 Å². The zero-order chi connectivity index (χ0) is 14.3. The molecule has 2 aliphatic rings. The summed E-state index contributed by atoms with van der Waals surface area (Å²) in [6.07, 6.45) is 3.12. The zero-order valence-electron chi connectivity index (χ0n) is 11.7. The van der Waals surface area contributed by atoms with Crippen molar-refractivity contribution in [2.45, 2.75) is 32.2 Å². The third-order valence-electron chi connectivity index (χ3n) is 4.54. The molecule has 4 atom stereocenters. The van der Waals surface area contributed by atoms with Gasteiger partial charge in [-0.15, -0.1) is 0 Å². The summed E-state index contributed by atoms with van der Waals surface area (Å²) in [6.45, 7) is 1.87. The number of nitrogens with zero attached hydrogens (tertiary/aromatic N) is 2. The van der Waals surface area contributed by atoms with E-state index in [1.165, 1.54) is 0 Å². The smallest absolute Gasteiger partial charge is 0.308 e. The molecule has 2 N–H and O–H groups in total. The predicted molar refractivity (Wildman–Crippen MR) is 72.7 cm³/mol. The Hall–Kier alpha value is -1.85. The fourth-order valence-corrected chi connectivity index (χ4v) is 3.71. The van der Waals surface area contributed by atoms with Gasteiger partial charge in [0.1, 0.15) is 0 Å². The lowest BCUT2D eigenvalue weighted by Crippen LogP contribution is -2.39. The maximum absolute atomic E-state index is 11.5. The first-order valence-electron chi connectivity index (χ1n) is 6.97. The lowest BCUT2D eigenvalue weighted by molar-refractivity contribution is -0.143. The predicted octanol–water partition coefficient (Wildman–Crippen LogP) is 1.70. The Kier molecular flexibility index (Phi) is 3.23. The highest BCUT2D eigenvalue weighted by atomic mass is 16.5. The van der Waals surface area contributed by atoms with Crippen molar-refractivity contribution >= 4 is 11.9 Å². The van der Waals surface area contributed by atoms with Gasteiger partial charge < -0.3 is 15.2 Å². The third kappa shape index (κ3) is 2.19. The minimum atomic E-state index is -0.714. The molecule has 3 rings (SSSR count). The molecule has 4 unspecified atom stereocenters. The number of carboxylic acids is 1. The Morgan fingerprint density at radius 3 is 2.85 bits per heavy atom. The summed E-state index contributed by atoms with van der Waals surface area (Å²) in [5, 5.41) is 12.7. The van der Waals surface area contributed by atoms with Crippen molar-refractivity contribution in [3.05, 3.63) is 11.8 Å². The molecule has 1 aromatic rings. The Bertz CT molecular complexity index is 534. The van der Waals surface area contributed by atoms with E-state index in [0.29, 0.717) is 23.7 Å². The van der Waals surface area contributed by atoms with Gasteiger partial charge in [-0.05, 0) is 38.0 Å². The fraction of sp³-hybridized carbons (Fsp3) is 0.643. The number of hydrogen-bond donors (Lipinski definition) is 2. The summed E-state index contributed by atoms with van der Waals surface area (Å²) >= 11 is 0. The second-order valence-electron chi connectivity index (χ2n) is 5.74. The van der Waals surface area contributed by atoms with Crippen LogP contribution >= 0.6 is 0 Å². The Balaban J connectivity index is 1.83. The first-order valence-corrected chi connectivity index (χ1v) is 6.97. The molecule has 0 aliphatic heterocycles. The molecule has 2 aliphatic carbocycles. The number of nitrogens with one attached hydrogen (secondary N) is 1. The van der Waals surface area contributed by atoms with Gasteiger partial charge in [-0.1, -0.05) is 0 Å². The van der Waals surface area contributed by atoms with Crippen LogP contribution in [0, 0.1) is 24.7 Å². The second-order valence-corrected chi connectivity index (χ2v) is 5.74. The van der Waals surface area contributed by atoms with Crippen LogP contribution in [0.3, 0.4) is 0 Å². The molecular formula is C14H19N3O3. The molecule has 0 saturated heterocycles. The van der Waals surface area contributed by atoms with Gasteiger partial charge in [0.2, 0.25) is 11.8 Å². The zero-order valence-corrected chi connectivity index (χ0v) is 11.7. The monoisotopic (exact) mass is 277 g/mol. The van der Waals surface area contributed by atoms with Crippen LogP contribution in [-0.2, 0) is 4.79 Å². The van der Waals surface area contributed by atoms with Gasteiger partial charge in [0.05, 0.1) is 13.0 Å². The number of anilines is 1. The SMILES string of the molecule is COc1cc(C)nc(NC2C3CCC(C3)C2C(=O)O)n1. The molecule has 2 fully saturated rings. The number of carbonyl (C=O) groups is 1. The van der Waals surface area contributed by atoms with E-state index < -0.39 is 5.97 Å². The lowest BCUT2D eigenvalue weighted by Gasteiger charge is -2.28. The average Bonchev–Trinajstić information content (AvgIpc) is 2.98. The van der Waals surface area contributed by atoms with E-state index in [2.05, 4.69) is 15.3 Å². The van der Waals surface area contributed by atoms with Gasteiger partial charge in [0.25, 0.3) is 0 Å². The molecule has 0 aromatic carbocycles. The molecule has 2 bridgehead atoms. The lowest BCUT2D eigenvalue weighted by atomic mass is 9.84. The molecule has 20 heavy (non-hydrogen) atoms. The summed E-state index contributed by atoms with van der Waals surface area (Å²) < 4.78 is 5.13. The molecule has 6 heteroatoms. The number of aliphatic carboxylic acids is 1. The van der Waals surface area contributed by atoms with Crippen LogP contribution in [0.25, 0.3) is 0 Å². The molecule has 1 heterocycles. The maximum Gasteiger partial charge on any atom is 0.308 e. The molecule has 2 saturated carbocycles. The van der Waals surface area contributed by atoms with Crippen molar-refractivity contribution in [3.63, 3.8) is 0 Å². The second kappa shape index (κ2) is 4.92. The summed E-state index contributed by atoms with van der Waals surface area (Å²) in [5.74, 6) is 0.622. The summed E-state index contributed by atoms with van der Waals surface area (Å²) in [7, 11) is 1.56. The van der Waals surface area contributed by atoms with Crippen LogP contribution in [0.2, 0.25) is 0 Å². The van der Waals surface area contributed by atoms with Gasteiger partial charge >= 0.3 is 5.97 Å². The fourth-order valence-electron chi connectivity index (χ4n) is 3.71. The molecule has 0 spiro atoms. The largest absolute Gasteiger partial charge is 0.481 e. The number of fused-ring (bicyclic) bond motifs is 2. The maximum atomic E-state index is 11.5. The van der Waals surface area contributed by atoms with Crippen LogP contribution in [0.4, 0.5) is 5.95 Å². The van der Waals surface area contributed by atoms with Gasteiger partial charge in [-0.2, -0.15) is 4.98 Å². The minimum Gasteiger partial charge on any atom is -0.481 e. The van der Waals surface area contributed by atoms with Crippen molar-refractivity contribution in [3.8, 4) is 5.88 Å². The van der Waals surface area contributed by atoms with Crippen LogP contribution < -0.4 is 10.1 Å². The minimum absolute atomic E-state index is 0.0715. The van der Waals surface area contributed by atoms with Crippen LogP contribution in [0.1, 0.15) is 25.0 Å². The normalized spacial score (nSPS) is 31.3. The number of ether oxygens (including phenoxy) is 1.